The third-order valence-electron chi connectivity index (χ3n) is 6.09. The highest BCUT2D eigenvalue weighted by atomic mass is 19.1. The first-order chi connectivity index (χ1) is 16.4. The number of benzene rings is 3. The van der Waals surface area contributed by atoms with Crippen LogP contribution in [0.2, 0.25) is 0 Å². The van der Waals surface area contributed by atoms with Crippen LogP contribution in [0.4, 0.5) is 4.39 Å². The number of carbonyl (C=O) groups is 2. The Bertz CT molecular complexity index is 1080. The monoisotopic (exact) mass is 460 g/mol. The van der Waals surface area contributed by atoms with E-state index in [0.717, 1.165) is 11.1 Å². The Kier molecular flexibility index (Phi) is 8.97. The molecule has 0 saturated heterocycles. The quantitative estimate of drug-likeness (QED) is 0.448. The maximum Gasteiger partial charge on any atom is 0.242 e. The lowest BCUT2D eigenvalue weighted by Crippen LogP contribution is -2.49. The summed E-state index contributed by atoms with van der Waals surface area (Å²) in [5.41, 5.74) is 3.63. The molecule has 1 atom stereocenters. The minimum Gasteiger partial charge on any atom is -0.357 e. The molecule has 1 N–H and O–H groups in total. The predicted octanol–water partition coefficient (Wildman–Crippen LogP) is 5.27. The molecular formula is C29H33FN2O2. The van der Waals surface area contributed by atoms with E-state index in [1.54, 1.807) is 25.2 Å². The first-order valence-electron chi connectivity index (χ1n) is 11.8. The van der Waals surface area contributed by atoms with E-state index in [1.165, 1.54) is 16.5 Å². The molecule has 0 spiro atoms. The lowest BCUT2D eigenvalue weighted by molar-refractivity contribution is -0.141. The number of carbonyl (C=O) groups excluding carboxylic acids is 2. The molecule has 2 amide bonds. The third-order valence-corrected chi connectivity index (χ3v) is 6.09. The van der Waals surface area contributed by atoms with Gasteiger partial charge in [0.1, 0.15) is 11.9 Å². The van der Waals surface area contributed by atoms with Crippen LogP contribution >= 0.6 is 0 Å². The molecular weight excluding hydrogens is 427 g/mol. The van der Waals surface area contributed by atoms with Crippen LogP contribution in [-0.4, -0.2) is 29.8 Å². The summed E-state index contributed by atoms with van der Waals surface area (Å²) in [6.45, 7) is 4.32. The summed E-state index contributed by atoms with van der Waals surface area (Å²) in [7, 11) is 1.56. The predicted molar refractivity (Wildman–Crippen MR) is 134 cm³/mol. The van der Waals surface area contributed by atoms with Crippen molar-refractivity contribution >= 4 is 11.8 Å². The summed E-state index contributed by atoms with van der Waals surface area (Å²) in [5.74, 6) is -0.395. The van der Waals surface area contributed by atoms with E-state index in [4.69, 9.17) is 0 Å². The van der Waals surface area contributed by atoms with Crippen LogP contribution < -0.4 is 5.32 Å². The van der Waals surface area contributed by atoms with E-state index in [1.807, 2.05) is 42.5 Å². The summed E-state index contributed by atoms with van der Waals surface area (Å²) < 4.78 is 14.5. The van der Waals surface area contributed by atoms with E-state index in [2.05, 4.69) is 31.3 Å². The number of hydrogen-bond acceptors (Lipinski definition) is 2. The molecule has 4 nitrogen and oxygen atoms in total. The van der Waals surface area contributed by atoms with E-state index >= 15 is 0 Å². The molecule has 0 aliphatic heterocycles. The van der Waals surface area contributed by atoms with Gasteiger partial charge in [-0.15, -0.1) is 0 Å². The van der Waals surface area contributed by atoms with Crippen molar-refractivity contribution in [3.8, 4) is 0 Å². The van der Waals surface area contributed by atoms with Crippen LogP contribution in [0.15, 0.2) is 78.9 Å². The zero-order valence-electron chi connectivity index (χ0n) is 20.1. The van der Waals surface area contributed by atoms with E-state index in [-0.39, 0.29) is 30.6 Å². The highest BCUT2D eigenvalue weighted by molar-refractivity contribution is 5.88. The zero-order chi connectivity index (χ0) is 24.5. The van der Waals surface area contributed by atoms with Crippen LogP contribution in [0, 0.1) is 5.82 Å². The second-order valence-corrected chi connectivity index (χ2v) is 8.83. The minimum atomic E-state index is -0.747. The van der Waals surface area contributed by atoms with Crippen molar-refractivity contribution in [3.63, 3.8) is 0 Å². The number of amides is 2. The molecule has 0 aliphatic rings. The van der Waals surface area contributed by atoms with Gasteiger partial charge in [-0.1, -0.05) is 86.6 Å². The number of rotatable bonds is 10. The second-order valence-electron chi connectivity index (χ2n) is 8.83. The second kappa shape index (κ2) is 12.1. The number of aryl methyl sites for hydroxylation is 1. The van der Waals surface area contributed by atoms with E-state index < -0.39 is 6.04 Å². The van der Waals surface area contributed by atoms with Crippen molar-refractivity contribution in [2.75, 3.05) is 7.05 Å². The Morgan fingerprint density at radius 2 is 1.53 bits per heavy atom. The van der Waals surface area contributed by atoms with Crippen molar-refractivity contribution in [3.05, 3.63) is 107 Å². The zero-order valence-corrected chi connectivity index (χ0v) is 20.1. The molecule has 0 heterocycles. The van der Waals surface area contributed by atoms with Crippen LogP contribution in [0.1, 0.15) is 48.4 Å². The number of likely N-dealkylation sites (N-methyl/N-ethyl adjacent to an activating group) is 1. The molecule has 0 aromatic heterocycles. The van der Waals surface area contributed by atoms with Crippen molar-refractivity contribution in [2.24, 2.45) is 0 Å². The van der Waals surface area contributed by atoms with Crippen molar-refractivity contribution < 1.29 is 14.0 Å². The van der Waals surface area contributed by atoms with Gasteiger partial charge in [-0.25, -0.2) is 4.39 Å². The van der Waals surface area contributed by atoms with Crippen molar-refractivity contribution in [1.82, 2.24) is 10.2 Å². The van der Waals surface area contributed by atoms with Crippen molar-refractivity contribution in [2.45, 2.75) is 51.6 Å². The molecule has 3 aromatic rings. The fourth-order valence-electron chi connectivity index (χ4n) is 3.99. The van der Waals surface area contributed by atoms with Gasteiger partial charge in [-0.2, -0.15) is 0 Å². The average Bonchev–Trinajstić information content (AvgIpc) is 2.86. The first kappa shape index (κ1) is 25.2. The van der Waals surface area contributed by atoms with Crippen LogP contribution in [-0.2, 0) is 29.0 Å². The van der Waals surface area contributed by atoms with Gasteiger partial charge in [0.05, 0.1) is 0 Å². The molecule has 3 aromatic carbocycles. The van der Waals surface area contributed by atoms with Gasteiger partial charge in [0, 0.05) is 32.0 Å². The molecule has 0 radical (unpaired) electrons. The summed E-state index contributed by atoms with van der Waals surface area (Å²) in [6.07, 6.45) is 1.14. The lowest BCUT2D eigenvalue weighted by atomic mass is 9.99. The number of hydrogen-bond donors (Lipinski definition) is 1. The molecule has 178 valence electrons. The molecule has 3 rings (SSSR count). The van der Waals surface area contributed by atoms with Crippen LogP contribution in [0.25, 0.3) is 0 Å². The Labute approximate surface area is 201 Å². The molecule has 5 heteroatoms. The normalized spacial score (nSPS) is 11.8. The number of halogens is 1. The van der Waals surface area contributed by atoms with Gasteiger partial charge in [0.25, 0.3) is 0 Å². The molecule has 0 fully saturated rings. The summed E-state index contributed by atoms with van der Waals surface area (Å²) in [6, 6.07) is 23.5. The fraction of sp³-hybridized carbons (Fsp3) is 0.310. The molecule has 34 heavy (non-hydrogen) atoms. The average molecular weight is 461 g/mol. The topological polar surface area (TPSA) is 49.4 Å². The van der Waals surface area contributed by atoms with Gasteiger partial charge in [-0.3, -0.25) is 9.59 Å². The van der Waals surface area contributed by atoms with Crippen LogP contribution in [0.5, 0.6) is 0 Å². The first-order valence-corrected chi connectivity index (χ1v) is 11.8. The lowest BCUT2D eigenvalue weighted by Gasteiger charge is -2.31. The van der Waals surface area contributed by atoms with E-state index in [0.29, 0.717) is 24.3 Å². The molecule has 0 unspecified atom stereocenters. The fourth-order valence-corrected chi connectivity index (χ4v) is 3.99. The SMILES string of the molecule is CNC(=O)[C@H](Cc1ccccc1)N(Cc1ccccc1F)C(=O)CCc1ccc(C(C)C)cc1. The Morgan fingerprint density at radius 3 is 2.15 bits per heavy atom. The highest BCUT2D eigenvalue weighted by Gasteiger charge is 2.30. The van der Waals surface area contributed by atoms with Gasteiger partial charge in [-0.05, 0) is 35.1 Å². The van der Waals surface area contributed by atoms with Crippen molar-refractivity contribution in [1.29, 1.82) is 0 Å². The molecule has 0 saturated carbocycles. The maximum absolute atomic E-state index is 14.5. The summed E-state index contributed by atoms with van der Waals surface area (Å²) >= 11 is 0. The van der Waals surface area contributed by atoms with Gasteiger partial charge < -0.3 is 10.2 Å². The van der Waals surface area contributed by atoms with E-state index in [9.17, 15) is 14.0 Å². The number of nitrogens with zero attached hydrogens (tertiary/aromatic N) is 1. The standard InChI is InChI=1S/C29H33FN2O2/c1-21(2)24-16-13-22(14-17-24)15-18-28(33)32(20-25-11-7-8-12-26(25)30)27(29(34)31-3)19-23-9-5-4-6-10-23/h4-14,16-17,21,27H,15,18-20H2,1-3H3,(H,31,34)/t27-/m0/s1. The Balaban J connectivity index is 1.85. The largest absolute Gasteiger partial charge is 0.357 e. The molecule has 0 bridgehead atoms. The van der Waals surface area contributed by atoms with Gasteiger partial charge >= 0.3 is 0 Å². The Morgan fingerprint density at radius 1 is 0.882 bits per heavy atom. The highest BCUT2D eigenvalue weighted by Crippen LogP contribution is 2.19. The van der Waals surface area contributed by atoms with Gasteiger partial charge in [0.15, 0.2) is 0 Å². The van der Waals surface area contributed by atoms with Crippen LogP contribution in [0.3, 0.4) is 0 Å². The minimum absolute atomic E-state index is 0.0305. The van der Waals surface area contributed by atoms with Gasteiger partial charge in [0.2, 0.25) is 11.8 Å². The maximum atomic E-state index is 14.5. The third kappa shape index (κ3) is 6.77. The Hall–Kier alpha value is -3.47. The smallest absolute Gasteiger partial charge is 0.242 e. The molecule has 0 aliphatic carbocycles. The summed E-state index contributed by atoms with van der Waals surface area (Å²) in [5, 5.41) is 2.69. The number of nitrogens with one attached hydrogen (secondary N) is 1. The summed E-state index contributed by atoms with van der Waals surface area (Å²) in [4.78, 5) is 27.9.